The van der Waals surface area contributed by atoms with Crippen LogP contribution in [0.15, 0.2) is 48.8 Å². The Morgan fingerprint density at radius 1 is 1.38 bits per heavy atom. The fourth-order valence-corrected chi connectivity index (χ4v) is 3.67. The fraction of sp³-hybridized carbons (Fsp3) is 0.320. The van der Waals surface area contributed by atoms with Crippen LogP contribution >= 0.6 is 0 Å². The standard InChI is InChI=1S/C25H27FN6O2/c1-31(2)12-5-10-23(33)32-13-11-19(16-32)30-25-20-15-18(29-24(20)27-17-28-25)7-6-14-34-22-9-4-3-8-21(22)26/h3-5,8-10,15,17,19H,11-14,16H2,1-2H3,(H2,27,28,29,30). The molecule has 34 heavy (non-hydrogen) atoms. The van der Waals surface area contributed by atoms with E-state index in [-0.39, 0.29) is 24.3 Å². The van der Waals surface area contributed by atoms with Crippen LogP contribution in [-0.2, 0) is 4.79 Å². The SMILES string of the molecule is CN(C)CC=CC(=O)N1CCC(Nc2ncnc3[nH]c(C#CCOc4ccccc4F)cc23)C1. The molecule has 4 rings (SSSR count). The monoisotopic (exact) mass is 462 g/mol. The number of aromatic amines is 1. The van der Waals surface area contributed by atoms with Crippen molar-refractivity contribution in [3.05, 3.63) is 60.3 Å². The van der Waals surface area contributed by atoms with Crippen LogP contribution in [0.25, 0.3) is 11.0 Å². The van der Waals surface area contributed by atoms with Crippen LogP contribution in [0.1, 0.15) is 12.1 Å². The summed E-state index contributed by atoms with van der Waals surface area (Å²) >= 11 is 0. The number of rotatable bonds is 7. The number of likely N-dealkylation sites (N-methyl/N-ethyl adjacent to an activating group) is 1. The van der Waals surface area contributed by atoms with E-state index in [1.54, 1.807) is 24.3 Å². The number of nitrogens with zero attached hydrogens (tertiary/aromatic N) is 4. The van der Waals surface area contributed by atoms with E-state index in [0.29, 0.717) is 30.2 Å². The van der Waals surface area contributed by atoms with Crippen molar-refractivity contribution in [2.45, 2.75) is 12.5 Å². The Hall–Kier alpha value is -3.90. The van der Waals surface area contributed by atoms with Gasteiger partial charge in [0, 0.05) is 31.8 Å². The number of likely N-dealkylation sites (tertiary alicyclic amines) is 1. The number of amides is 1. The molecule has 2 aromatic heterocycles. The van der Waals surface area contributed by atoms with Gasteiger partial charge >= 0.3 is 0 Å². The molecule has 3 aromatic rings. The summed E-state index contributed by atoms with van der Waals surface area (Å²) in [6, 6.07) is 8.19. The minimum atomic E-state index is -0.419. The van der Waals surface area contributed by atoms with Gasteiger partial charge in [0.1, 0.15) is 24.4 Å². The van der Waals surface area contributed by atoms with Crippen molar-refractivity contribution >= 4 is 22.8 Å². The third kappa shape index (κ3) is 5.91. The summed E-state index contributed by atoms with van der Waals surface area (Å²) in [6.07, 6.45) is 5.84. The van der Waals surface area contributed by atoms with E-state index in [1.807, 2.05) is 36.0 Å². The number of ether oxygens (including phenoxy) is 1. The number of benzene rings is 1. The molecule has 0 bridgehead atoms. The number of para-hydroxylation sites is 1. The van der Waals surface area contributed by atoms with Gasteiger partial charge in [0.2, 0.25) is 5.91 Å². The highest BCUT2D eigenvalue weighted by Gasteiger charge is 2.25. The second-order valence-electron chi connectivity index (χ2n) is 8.27. The zero-order valence-electron chi connectivity index (χ0n) is 19.2. The first-order valence-electron chi connectivity index (χ1n) is 11.1. The first-order valence-corrected chi connectivity index (χ1v) is 11.1. The number of nitrogens with one attached hydrogen (secondary N) is 2. The maximum atomic E-state index is 13.6. The van der Waals surface area contributed by atoms with Crippen molar-refractivity contribution in [3.8, 4) is 17.6 Å². The molecule has 2 N–H and O–H groups in total. The maximum Gasteiger partial charge on any atom is 0.246 e. The lowest BCUT2D eigenvalue weighted by atomic mass is 10.2. The minimum Gasteiger partial charge on any atom is -0.478 e. The van der Waals surface area contributed by atoms with E-state index in [4.69, 9.17) is 4.74 Å². The van der Waals surface area contributed by atoms with Gasteiger partial charge in [0.05, 0.1) is 11.1 Å². The Morgan fingerprint density at radius 3 is 3.06 bits per heavy atom. The highest BCUT2D eigenvalue weighted by molar-refractivity contribution is 5.89. The summed E-state index contributed by atoms with van der Waals surface area (Å²) in [5.74, 6) is 6.33. The first kappa shape index (κ1) is 23.3. The molecular weight excluding hydrogens is 435 g/mol. The van der Waals surface area contributed by atoms with E-state index in [2.05, 4.69) is 32.1 Å². The molecule has 1 unspecified atom stereocenters. The molecule has 8 nitrogen and oxygen atoms in total. The Balaban J connectivity index is 1.37. The second kappa shape index (κ2) is 10.8. The topological polar surface area (TPSA) is 86.4 Å². The van der Waals surface area contributed by atoms with Crippen molar-refractivity contribution in [3.63, 3.8) is 0 Å². The Bertz CT molecular complexity index is 1240. The van der Waals surface area contributed by atoms with E-state index in [1.165, 1.54) is 12.4 Å². The van der Waals surface area contributed by atoms with Crippen LogP contribution < -0.4 is 10.1 Å². The molecular formula is C25H27FN6O2. The zero-order valence-corrected chi connectivity index (χ0v) is 19.2. The normalized spacial score (nSPS) is 15.6. The van der Waals surface area contributed by atoms with Crippen molar-refractivity contribution in [2.24, 2.45) is 0 Å². The fourth-order valence-electron chi connectivity index (χ4n) is 3.67. The zero-order chi connectivity index (χ0) is 23.9. The molecule has 176 valence electrons. The molecule has 1 aliphatic rings. The third-order valence-corrected chi connectivity index (χ3v) is 5.36. The van der Waals surface area contributed by atoms with Crippen molar-refractivity contribution in [2.75, 3.05) is 45.7 Å². The van der Waals surface area contributed by atoms with Crippen molar-refractivity contribution in [1.29, 1.82) is 0 Å². The predicted octanol–water partition coefficient (Wildman–Crippen LogP) is 2.66. The molecule has 1 saturated heterocycles. The van der Waals surface area contributed by atoms with E-state index in [0.717, 1.165) is 18.4 Å². The molecule has 1 amide bonds. The molecule has 1 atom stereocenters. The first-order chi connectivity index (χ1) is 16.5. The van der Waals surface area contributed by atoms with Gasteiger partial charge in [-0.2, -0.15) is 0 Å². The number of H-pyrrole nitrogens is 1. The molecule has 0 spiro atoms. The van der Waals surface area contributed by atoms with Crippen LogP contribution in [0, 0.1) is 17.7 Å². The molecule has 0 saturated carbocycles. The average Bonchev–Trinajstić information content (AvgIpc) is 3.45. The number of fused-ring (bicyclic) bond motifs is 1. The number of carbonyl (C=O) groups is 1. The maximum absolute atomic E-state index is 13.6. The molecule has 1 aromatic carbocycles. The Morgan fingerprint density at radius 2 is 2.24 bits per heavy atom. The smallest absolute Gasteiger partial charge is 0.246 e. The Labute approximate surface area is 197 Å². The van der Waals surface area contributed by atoms with Gasteiger partial charge in [-0.1, -0.05) is 24.1 Å². The number of hydrogen-bond donors (Lipinski definition) is 2. The summed E-state index contributed by atoms with van der Waals surface area (Å²) in [6.45, 7) is 2.10. The second-order valence-corrected chi connectivity index (χ2v) is 8.27. The number of anilines is 1. The average molecular weight is 463 g/mol. The van der Waals surface area contributed by atoms with Crippen LogP contribution in [0.2, 0.25) is 0 Å². The summed E-state index contributed by atoms with van der Waals surface area (Å²) in [7, 11) is 3.93. The van der Waals surface area contributed by atoms with E-state index in [9.17, 15) is 9.18 Å². The highest BCUT2D eigenvalue weighted by Crippen LogP contribution is 2.23. The van der Waals surface area contributed by atoms with Gasteiger partial charge in [0.25, 0.3) is 0 Å². The minimum absolute atomic E-state index is 0.0239. The van der Waals surface area contributed by atoms with Gasteiger partial charge in [0.15, 0.2) is 11.6 Å². The summed E-state index contributed by atoms with van der Waals surface area (Å²) in [4.78, 5) is 28.1. The van der Waals surface area contributed by atoms with Gasteiger partial charge in [-0.25, -0.2) is 14.4 Å². The van der Waals surface area contributed by atoms with Crippen LogP contribution in [0.4, 0.5) is 10.2 Å². The van der Waals surface area contributed by atoms with Crippen LogP contribution in [0.5, 0.6) is 5.75 Å². The molecule has 0 aliphatic carbocycles. The summed E-state index contributed by atoms with van der Waals surface area (Å²) in [5, 5.41) is 4.26. The molecule has 1 aliphatic heterocycles. The lowest BCUT2D eigenvalue weighted by molar-refractivity contribution is -0.125. The lowest BCUT2D eigenvalue weighted by Gasteiger charge is -2.16. The van der Waals surface area contributed by atoms with E-state index >= 15 is 0 Å². The van der Waals surface area contributed by atoms with Crippen LogP contribution in [0.3, 0.4) is 0 Å². The van der Waals surface area contributed by atoms with Gasteiger partial charge in [-0.05, 0) is 44.6 Å². The third-order valence-electron chi connectivity index (χ3n) is 5.36. The predicted molar refractivity (Wildman–Crippen MR) is 129 cm³/mol. The molecule has 1 fully saturated rings. The van der Waals surface area contributed by atoms with Gasteiger partial charge in [-0.3, -0.25) is 4.79 Å². The number of aromatic nitrogens is 3. The number of hydrogen-bond acceptors (Lipinski definition) is 6. The largest absolute Gasteiger partial charge is 0.478 e. The van der Waals surface area contributed by atoms with Gasteiger partial charge in [-0.15, -0.1) is 0 Å². The summed E-state index contributed by atoms with van der Waals surface area (Å²) in [5.41, 5.74) is 1.32. The van der Waals surface area contributed by atoms with Gasteiger partial charge < -0.3 is 24.8 Å². The lowest BCUT2D eigenvalue weighted by Crippen LogP contribution is -2.30. The molecule has 3 heterocycles. The summed E-state index contributed by atoms with van der Waals surface area (Å²) < 4.78 is 19.0. The van der Waals surface area contributed by atoms with Crippen LogP contribution in [-0.4, -0.2) is 77.0 Å². The Kier molecular flexibility index (Phi) is 7.40. The quantitative estimate of drug-likeness (QED) is 0.415. The number of halogens is 1. The van der Waals surface area contributed by atoms with E-state index < -0.39 is 5.82 Å². The van der Waals surface area contributed by atoms with Crippen molar-refractivity contribution in [1.82, 2.24) is 24.8 Å². The molecule has 0 radical (unpaired) electrons. The molecule has 9 heteroatoms. The number of carbonyl (C=O) groups excluding carboxylic acids is 1. The van der Waals surface area contributed by atoms with Crippen molar-refractivity contribution < 1.29 is 13.9 Å². The highest BCUT2D eigenvalue weighted by atomic mass is 19.1.